The quantitative estimate of drug-likeness (QED) is 0.407. The van der Waals surface area contributed by atoms with Gasteiger partial charge in [-0.05, 0) is 18.8 Å². The van der Waals surface area contributed by atoms with Gasteiger partial charge in [-0.2, -0.15) is 4.79 Å². The predicted molar refractivity (Wildman–Crippen MR) is 51.6 cm³/mol. The number of carbonyl (C=O) groups is 2. The maximum absolute atomic E-state index is 11.7. The summed E-state index contributed by atoms with van der Waals surface area (Å²) < 4.78 is 0. The number of nitrogens with zero attached hydrogens (tertiary/aromatic N) is 2. The largest absolute Gasteiger partial charge is 0.465 e. The molecule has 1 saturated carbocycles. The van der Waals surface area contributed by atoms with E-state index in [4.69, 9.17) is 10.6 Å². The van der Waals surface area contributed by atoms with Gasteiger partial charge in [0.1, 0.15) is 5.54 Å². The van der Waals surface area contributed by atoms with E-state index in [9.17, 15) is 9.59 Å². The second kappa shape index (κ2) is 4.23. The second-order valence-corrected chi connectivity index (χ2v) is 3.80. The van der Waals surface area contributed by atoms with Gasteiger partial charge in [0.15, 0.2) is 0 Å². The van der Waals surface area contributed by atoms with E-state index in [1.807, 2.05) is 6.92 Å². The van der Waals surface area contributed by atoms with E-state index in [1.165, 1.54) is 0 Å². The molecule has 0 heterocycles. The summed E-state index contributed by atoms with van der Waals surface area (Å²) in [6, 6.07) is 0. The molecule has 0 bridgehead atoms. The van der Waals surface area contributed by atoms with Gasteiger partial charge in [0.2, 0.25) is 0 Å². The molecular weight excluding hydrogens is 198 g/mol. The monoisotopic (exact) mass is 211 g/mol. The lowest BCUT2D eigenvalue weighted by atomic mass is 9.84. The second-order valence-electron chi connectivity index (χ2n) is 3.80. The lowest BCUT2D eigenvalue weighted by Gasteiger charge is -2.28. The van der Waals surface area contributed by atoms with E-state index < -0.39 is 17.4 Å². The molecule has 0 aromatic rings. The number of carboxylic acid groups (broad SMARTS) is 1. The van der Waals surface area contributed by atoms with Gasteiger partial charge in [0.05, 0.1) is 0 Å². The topological polar surface area (TPSA) is 103 Å². The van der Waals surface area contributed by atoms with Crippen LogP contribution in [0.1, 0.15) is 26.2 Å². The molecule has 0 spiro atoms. The zero-order chi connectivity index (χ0) is 11.5. The minimum absolute atomic E-state index is 0.0842. The molecule has 0 radical (unpaired) electrons. The van der Waals surface area contributed by atoms with Crippen LogP contribution in [0.4, 0.5) is 4.79 Å². The van der Waals surface area contributed by atoms with Crippen molar-refractivity contribution in [3.63, 3.8) is 0 Å². The Labute approximate surface area is 86.9 Å². The standard InChI is InChI=1S/C9H13N3O3/c1-6-3-2-4-9(6,12-8(14)15)7(13)5-11-10/h5-6,12H,2-4H2,1H3,(H,14,15)/t6-,9-/m1/s1. The van der Waals surface area contributed by atoms with Crippen LogP contribution >= 0.6 is 0 Å². The van der Waals surface area contributed by atoms with Crippen molar-refractivity contribution in [3.8, 4) is 0 Å². The highest BCUT2D eigenvalue weighted by Crippen LogP contribution is 2.35. The zero-order valence-electron chi connectivity index (χ0n) is 8.43. The molecule has 6 nitrogen and oxygen atoms in total. The van der Waals surface area contributed by atoms with E-state index in [1.54, 1.807) is 0 Å². The molecule has 1 amide bonds. The van der Waals surface area contributed by atoms with Crippen molar-refractivity contribution in [1.29, 1.82) is 0 Å². The molecule has 1 aliphatic carbocycles. The molecule has 0 aromatic carbocycles. The number of hydrogen-bond donors (Lipinski definition) is 2. The van der Waals surface area contributed by atoms with E-state index >= 15 is 0 Å². The molecule has 2 atom stereocenters. The highest BCUT2D eigenvalue weighted by atomic mass is 16.4. The van der Waals surface area contributed by atoms with Gasteiger partial charge in [-0.15, -0.1) is 0 Å². The Morgan fingerprint density at radius 1 is 1.67 bits per heavy atom. The molecule has 82 valence electrons. The molecule has 1 aliphatic rings. The van der Waals surface area contributed by atoms with Crippen molar-refractivity contribution in [2.45, 2.75) is 31.7 Å². The molecule has 0 saturated heterocycles. The third kappa shape index (κ3) is 2.05. The Morgan fingerprint density at radius 3 is 2.73 bits per heavy atom. The van der Waals surface area contributed by atoms with Crippen LogP contribution in [0.5, 0.6) is 0 Å². The maximum Gasteiger partial charge on any atom is 0.405 e. The smallest absolute Gasteiger partial charge is 0.405 e. The summed E-state index contributed by atoms with van der Waals surface area (Å²) in [6.07, 6.45) is 1.55. The van der Waals surface area contributed by atoms with Crippen LogP contribution < -0.4 is 5.32 Å². The van der Waals surface area contributed by atoms with Gasteiger partial charge < -0.3 is 16.0 Å². The van der Waals surface area contributed by atoms with Crippen LogP contribution in [0.25, 0.3) is 5.53 Å². The first kappa shape index (κ1) is 11.4. The van der Waals surface area contributed by atoms with Crippen molar-refractivity contribution < 1.29 is 19.5 Å². The first-order valence-electron chi connectivity index (χ1n) is 4.76. The number of amides is 1. The average molecular weight is 211 g/mol. The first-order chi connectivity index (χ1) is 7.03. The van der Waals surface area contributed by atoms with E-state index in [2.05, 4.69) is 10.1 Å². The van der Waals surface area contributed by atoms with E-state index in [0.717, 1.165) is 19.1 Å². The summed E-state index contributed by atoms with van der Waals surface area (Å²) in [5, 5.41) is 11.0. The third-order valence-electron chi connectivity index (χ3n) is 2.99. The number of rotatable bonds is 3. The average Bonchev–Trinajstić information content (AvgIpc) is 2.48. The third-order valence-corrected chi connectivity index (χ3v) is 2.99. The normalized spacial score (nSPS) is 29.3. The number of carbonyl (C=O) groups excluding carboxylic acids is 1. The van der Waals surface area contributed by atoms with Gasteiger partial charge in [-0.1, -0.05) is 13.3 Å². The van der Waals surface area contributed by atoms with Crippen molar-refractivity contribution >= 4 is 18.1 Å². The molecule has 2 N–H and O–H groups in total. The minimum atomic E-state index is -1.23. The van der Waals surface area contributed by atoms with Gasteiger partial charge >= 0.3 is 12.3 Å². The summed E-state index contributed by atoms with van der Waals surface area (Å²) in [4.78, 5) is 25.0. The highest BCUT2D eigenvalue weighted by molar-refractivity contribution is 6.30. The number of nitrogens with one attached hydrogen (secondary N) is 1. The van der Waals surface area contributed by atoms with Gasteiger partial charge in [0.25, 0.3) is 5.78 Å². The molecule has 15 heavy (non-hydrogen) atoms. The SMILES string of the molecule is C[C@@H]1CCC[C@]1(NC(=O)O)C(=O)C=[N+]=[N-]. The summed E-state index contributed by atoms with van der Waals surface area (Å²) in [7, 11) is 0. The van der Waals surface area contributed by atoms with Crippen LogP contribution in [-0.2, 0) is 4.79 Å². The summed E-state index contributed by atoms with van der Waals surface area (Å²) >= 11 is 0. The van der Waals surface area contributed by atoms with E-state index in [0.29, 0.717) is 6.42 Å². The molecule has 1 fully saturated rings. The Morgan fingerprint density at radius 2 is 2.33 bits per heavy atom. The summed E-state index contributed by atoms with van der Waals surface area (Å²) in [5.74, 6) is -0.573. The fourth-order valence-electron chi connectivity index (χ4n) is 2.15. The molecule has 6 heteroatoms. The zero-order valence-corrected chi connectivity index (χ0v) is 8.43. The summed E-state index contributed by atoms with van der Waals surface area (Å²) in [6.45, 7) is 1.81. The van der Waals surface area contributed by atoms with Crippen molar-refractivity contribution in [1.82, 2.24) is 5.32 Å². The van der Waals surface area contributed by atoms with Gasteiger partial charge in [-0.25, -0.2) is 4.79 Å². The van der Waals surface area contributed by atoms with Crippen LogP contribution in [0.2, 0.25) is 0 Å². The van der Waals surface area contributed by atoms with Gasteiger partial charge in [-0.3, -0.25) is 4.79 Å². The van der Waals surface area contributed by atoms with Crippen molar-refractivity contribution in [2.24, 2.45) is 5.92 Å². The Bertz CT molecular complexity index is 335. The molecule has 0 aromatic heterocycles. The fraction of sp³-hybridized carbons (Fsp3) is 0.667. The molecule has 0 aliphatic heterocycles. The number of Topliss-reactive ketones (excluding diaryl/α,β-unsaturated/α-hetero) is 1. The predicted octanol–water partition coefficient (Wildman–Crippen LogP) is 0.682. The van der Waals surface area contributed by atoms with Crippen molar-refractivity contribution in [2.75, 3.05) is 0 Å². The van der Waals surface area contributed by atoms with Crippen LogP contribution in [0.3, 0.4) is 0 Å². The van der Waals surface area contributed by atoms with Crippen LogP contribution in [0.15, 0.2) is 0 Å². The lowest BCUT2D eigenvalue weighted by Crippen LogP contribution is -2.56. The Balaban J connectivity index is 3.00. The highest BCUT2D eigenvalue weighted by Gasteiger charge is 2.48. The van der Waals surface area contributed by atoms with Crippen LogP contribution in [0, 0.1) is 5.92 Å². The van der Waals surface area contributed by atoms with E-state index in [-0.39, 0.29) is 5.92 Å². The minimum Gasteiger partial charge on any atom is -0.465 e. The van der Waals surface area contributed by atoms with Crippen LogP contribution in [-0.4, -0.2) is 33.5 Å². The fourth-order valence-corrected chi connectivity index (χ4v) is 2.15. The summed E-state index contributed by atoms with van der Waals surface area (Å²) in [5.41, 5.74) is 7.19. The molecule has 1 rings (SSSR count). The molecule has 0 unspecified atom stereocenters. The first-order valence-corrected chi connectivity index (χ1v) is 4.76. The van der Waals surface area contributed by atoms with Gasteiger partial charge in [0, 0.05) is 0 Å². The number of hydrogen-bond acceptors (Lipinski definition) is 2. The molecular formula is C9H13N3O3. The lowest BCUT2D eigenvalue weighted by molar-refractivity contribution is -0.123. The Kier molecular flexibility index (Phi) is 3.21. The maximum atomic E-state index is 11.7. The van der Waals surface area contributed by atoms with Crippen molar-refractivity contribution in [3.05, 3.63) is 5.53 Å². The Hall–Kier alpha value is -1.68. The number of ketones is 1.